The molecule has 0 spiro atoms. The summed E-state index contributed by atoms with van der Waals surface area (Å²) in [6.07, 6.45) is 0.575. The monoisotopic (exact) mass is 230 g/mol. The summed E-state index contributed by atoms with van der Waals surface area (Å²) < 4.78 is 0. The van der Waals surface area contributed by atoms with Gasteiger partial charge in [0.15, 0.2) is 5.81 Å². The van der Waals surface area contributed by atoms with Crippen LogP contribution in [-0.2, 0) is 6.54 Å². The molecule has 0 aliphatic carbocycles. The highest BCUT2D eigenvalue weighted by Crippen LogP contribution is 2.21. The normalized spacial score (nSPS) is 19.4. The van der Waals surface area contributed by atoms with E-state index < -0.39 is 5.81 Å². The van der Waals surface area contributed by atoms with Crippen molar-refractivity contribution in [3.05, 3.63) is 29.8 Å². The Morgan fingerprint density at radius 3 is 3.06 bits per heavy atom. The zero-order chi connectivity index (χ0) is 12.3. The maximum atomic E-state index is 10.6. The highest BCUT2D eigenvalue weighted by Gasteiger charge is 2.20. The molecule has 0 bridgehead atoms. The average molecular weight is 230 g/mol. The maximum absolute atomic E-state index is 10.6. The molecule has 0 unspecified atom stereocenters. The Hall–Kier alpha value is -1.49. The van der Waals surface area contributed by atoms with E-state index in [9.17, 15) is 9.90 Å². The molecular formula is C12H15BN2O2. The van der Waals surface area contributed by atoms with Gasteiger partial charge < -0.3 is 15.3 Å². The fourth-order valence-electron chi connectivity index (χ4n) is 2.03. The van der Waals surface area contributed by atoms with Gasteiger partial charge in [0.1, 0.15) is 0 Å². The molecule has 1 aromatic carbocycles. The van der Waals surface area contributed by atoms with Crippen molar-refractivity contribution >= 4 is 19.3 Å². The van der Waals surface area contributed by atoms with Crippen molar-refractivity contribution in [1.82, 2.24) is 5.32 Å². The maximum Gasteiger partial charge on any atom is 0.200 e. The number of anilines is 1. The molecule has 5 heteroatoms. The Morgan fingerprint density at radius 2 is 2.41 bits per heavy atom. The summed E-state index contributed by atoms with van der Waals surface area (Å²) in [4.78, 5) is 12.8. The van der Waals surface area contributed by atoms with E-state index >= 15 is 0 Å². The van der Waals surface area contributed by atoms with Gasteiger partial charge in [-0.25, -0.2) is 0 Å². The molecule has 0 saturated carbocycles. The van der Waals surface area contributed by atoms with Crippen molar-refractivity contribution < 1.29 is 9.90 Å². The van der Waals surface area contributed by atoms with Gasteiger partial charge in [0.05, 0.1) is 6.10 Å². The van der Waals surface area contributed by atoms with Crippen LogP contribution in [0.4, 0.5) is 10.5 Å². The minimum Gasteiger partial charge on any atom is -0.391 e. The lowest BCUT2D eigenvalue weighted by Gasteiger charge is -2.18. The molecular weight excluding hydrogens is 215 g/mol. The van der Waals surface area contributed by atoms with Crippen molar-refractivity contribution in [2.75, 3.05) is 18.0 Å². The first kappa shape index (κ1) is 12.0. The van der Waals surface area contributed by atoms with Crippen molar-refractivity contribution in [3.63, 3.8) is 0 Å². The van der Waals surface area contributed by atoms with Crippen LogP contribution in [0.25, 0.3) is 0 Å². The van der Waals surface area contributed by atoms with Gasteiger partial charge in [-0.15, -0.1) is 0 Å². The molecule has 17 heavy (non-hydrogen) atoms. The number of hydrogen-bond acceptors (Lipinski definition) is 3. The Labute approximate surface area is 102 Å². The second kappa shape index (κ2) is 5.23. The van der Waals surface area contributed by atoms with E-state index in [1.54, 1.807) is 0 Å². The van der Waals surface area contributed by atoms with E-state index in [4.69, 9.17) is 7.85 Å². The molecule has 4 nitrogen and oxygen atoms in total. The van der Waals surface area contributed by atoms with Crippen LogP contribution in [0.15, 0.2) is 24.3 Å². The number of aliphatic hydroxyl groups is 1. The van der Waals surface area contributed by atoms with Gasteiger partial charge in [-0.05, 0) is 24.1 Å². The number of benzene rings is 1. The highest BCUT2D eigenvalue weighted by molar-refractivity contribution is 6.57. The number of nitrogens with zero attached hydrogens (tertiary/aromatic N) is 1. The number of nitrogens with one attached hydrogen (secondary N) is 1. The second-order valence-corrected chi connectivity index (χ2v) is 4.28. The molecule has 0 aromatic heterocycles. The number of hydrogen-bond donors (Lipinski definition) is 2. The molecule has 2 radical (unpaired) electrons. The Bertz CT molecular complexity index is 411. The van der Waals surface area contributed by atoms with Gasteiger partial charge in [0.25, 0.3) is 0 Å². The lowest BCUT2D eigenvalue weighted by molar-refractivity contribution is 0.198. The standard InChI is InChI=1S/C12H15BN2O2/c13-12(17)14-7-9-2-1-3-10(6-9)15-5-4-11(16)8-15/h1-3,6,11,16H,4-5,7-8H2,(H,14,17)/t11-/m0/s1. The minimum atomic E-state index is -0.521. The summed E-state index contributed by atoms with van der Waals surface area (Å²) in [5.41, 5.74) is 2.08. The largest absolute Gasteiger partial charge is 0.391 e. The number of β-amino-alcohol motifs (C(OH)–C–C–N with tert-alkyl or cyclic N) is 1. The first-order valence-electron chi connectivity index (χ1n) is 5.70. The van der Waals surface area contributed by atoms with Gasteiger partial charge in [-0.3, -0.25) is 4.79 Å². The number of amides is 1. The van der Waals surface area contributed by atoms with Crippen LogP contribution >= 0.6 is 0 Å². The van der Waals surface area contributed by atoms with Crippen LogP contribution in [-0.4, -0.2) is 38.0 Å². The lowest BCUT2D eigenvalue weighted by atomic mass is 10.1. The zero-order valence-corrected chi connectivity index (χ0v) is 9.60. The van der Waals surface area contributed by atoms with Crippen molar-refractivity contribution in [2.45, 2.75) is 19.1 Å². The topological polar surface area (TPSA) is 52.6 Å². The van der Waals surface area contributed by atoms with Gasteiger partial charge in [0, 0.05) is 25.3 Å². The molecule has 88 valence electrons. The second-order valence-electron chi connectivity index (χ2n) is 4.28. The van der Waals surface area contributed by atoms with Gasteiger partial charge in [-0.1, -0.05) is 12.1 Å². The molecule has 1 heterocycles. The summed E-state index contributed by atoms with van der Waals surface area (Å²) in [5.74, 6) is -0.521. The third kappa shape index (κ3) is 3.23. The fraction of sp³-hybridized carbons (Fsp3) is 0.417. The number of carbonyl (C=O) groups excluding carboxylic acids is 1. The van der Waals surface area contributed by atoms with Gasteiger partial charge >= 0.3 is 0 Å². The van der Waals surface area contributed by atoms with Crippen LogP contribution < -0.4 is 10.2 Å². The smallest absolute Gasteiger partial charge is 0.200 e. The molecule has 2 rings (SSSR count). The first-order valence-corrected chi connectivity index (χ1v) is 5.70. The van der Waals surface area contributed by atoms with Crippen LogP contribution in [0.5, 0.6) is 0 Å². The third-order valence-corrected chi connectivity index (χ3v) is 2.91. The minimum absolute atomic E-state index is 0.234. The summed E-state index contributed by atoms with van der Waals surface area (Å²) in [5, 5.41) is 12.1. The van der Waals surface area contributed by atoms with E-state index in [0.29, 0.717) is 13.1 Å². The molecule has 1 fully saturated rings. The Morgan fingerprint density at radius 1 is 1.59 bits per heavy atom. The molecule has 1 aromatic rings. The number of rotatable bonds is 3. The quantitative estimate of drug-likeness (QED) is 0.749. The van der Waals surface area contributed by atoms with E-state index in [1.807, 2.05) is 24.3 Å². The van der Waals surface area contributed by atoms with Crippen molar-refractivity contribution in [2.24, 2.45) is 0 Å². The Balaban J connectivity index is 2.03. The van der Waals surface area contributed by atoms with Crippen molar-refractivity contribution in [3.8, 4) is 0 Å². The van der Waals surface area contributed by atoms with E-state index in [2.05, 4.69) is 10.2 Å². The molecule has 1 amide bonds. The Kier molecular flexibility index (Phi) is 3.69. The highest BCUT2D eigenvalue weighted by atomic mass is 16.3. The third-order valence-electron chi connectivity index (χ3n) is 2.91. The summed E-state index contributed by atoms with van der Waals surface area (Å²) in [6.45, 7) is 1.97. The predicted octanol–water partition coefficient (Wildman–Crippen LogP) is 0.636. The van der Waals surface area contributed by atoms with Crippen LogP contribution in [0.2, 0.25) is 0 Å². The number of carbonyl (C=O) groups is 1. The summed E-state index contributed by atoms with van der Waals surface area (Å²) in [6, 6.07) is 7.89. The SMILES string of the molecule is [B]C(=O)NCc1cccc(N2CC[C@H](O)C2)c1. The zero-order valence-electron chi connectivity index (χ0n) is 9.60. The van der Waals surface area contributed by atoms with Crippen LogP contribution in [0.3, 0.4) is 0 Å². The summed E-state index contributed by atoms with van der Waals surface area (Å²) >= 11 is 0. The predicted molar refractivity (Wildman–Crippen MR) is 67.3 cm³/mol. The average Bonchev–Trinajstić information content (AvgIpc) is 2.74. The van der Waals surface area contributed by atoms with Crippen LogP contribution in [0.1, 0.15) is 12.0 Å². The van der Waals surface area contributed by atoms with E-state index in [1.165, 1.54) is 0 Å². The molecule has 1 aliphatic heterocycles. The molecule has 1 saturated heterocycles. The van der Waals surface area contributed by atoms with E-state index in [0.717, 1.165) is 24.2 Å². The molecule has 1 atom stereocenters. The van der Waals surface area contributed by atoms with E-state index in [-0.39, 0.29) is 6.10 Å². The molecule has 1 aliphatic rings. The fourth-order valence-corrected chi connectivity index (χ4v) is 2.03. The lowest BCUT2D eigenvalue weighted by Crippen LogP contribution is -2.22. The van der Waals surface area contributed by atoms with Gasteiger partial charge in [-0.2, -0.15) is 0 Å². The van der Waals surface area contributed by atoms with Crippen molar-refractivity contribution in [1.29, 1.82) is 0 Å². The first-order chi connectivity index (χ1) is 8.15. The summed E-state index contributed by atoms with van der Waals surface area (Å²) in [7, 11) is 5.03. The molecule has 2 N–H and O–H groups in total. The van der Waals surface area contributed by atoms with Gasteiger partial charge in [0.2, 0.25) is 7.85 Å². The van der Waals surface area contributed by atoms with Crippen LogP contribution in [0, 0.1) is 0 Å². The number of aliphatic hydroxyl groups excluding tert-OH is 1.